The third kappa shape index (κ3) is 3.06. The number of ether oxygens (including phenoxy) is 1. The summed E-state index contributed by atoms with van der Waals surface area (Å²) in [5.74, 6) is 0.0873. The molecule has 0 bridgehead atoms. The lowest BCUT2D eigenvalue weighted by Crippen LogP contribution is -2.12. The van der Waals surface area contributed by atoms with E-state index in [1.54, 1.807) is 30.3 Å². The maximum atomic E-state index is 12.1. The third-order valence-electron chi connectivity index (χ3n) is 2.56. The number of phenolic OH excluding ortho intramolecular Hbond substituents is 1. The number of carbonyl (C=O) groups excluding carboxylic acids is 1. The van der Waals surface area contributed by atoms with E-state index in [1.807, 2.05) is 6.07 Å². The molecule has 0 atom stereocenters. The first kappa shape index (κ1) is 13.4. The Hall–Kier alpha value is -2.01. The number of benzene rings is 2. The van der Waals surface area contributed by atoms with Gasteiger partial charge in [0.05, 0.1) is 18.4 Å². The van der Waals surface area contributed by atoms with Crippen molar-refractivity contribution in [2.24, 2.45) is 0 Å². The first-order valence-corrected chi connectivity index (χ1v) is 6.34. The molecule has 0 aromatic heterocycles. The molecule has 0 aliphatic carbocycles. The van der Waals surface area contributed by atoms with Crippen molar-refractivity contribution in [3.8, 4) is 11.5 Å². The summed E-state index contributed by atoms with van der Waals surface area (Å²) in [6.07, 6.45) is 0. The Morgan fingerprint density at radius 2 is 2.00 bits per heavy atom. The lowest BCUT2D eigenvalue weighted by Gasteiger charge is -2.10. The van der Waals surface area contributed by atoms with Crippen LogP contribution in [0.15, 0.2) is 46.9 Å². The van der Waals surface area contributed by atoms with E-state index in [-0.39, 0.29) is 11.3 Å². The number of phenols is 1. The molecule has 0 heterocycles. The number of carbonyl (C=O) groups is 1. The molecule has 0 spiro atoms. The van der Waals surface area contributed by atoms with Crippen molar-refractivity contribution < 1.29 is 14.6 Å². The Balaban J connectivity index is 2.28. The monoisotopic (exact) mass is 321 g/mol. The van der Waals surface area contributed by atoms with Crippen molar-refractivity contribution in [3.05, 3.63) is 52.5 Å². The molecule has 98 valence electrons. The number of amides is 1. The lowest BCUT2D eigenvalue weighted by atomic mass is 10.2. The van der Waals surface area contributed by atoms with Crippen molar-refractivity contribution in [2.45, 2.75) is 0 Å². The Bertz CT molecular complexity index is 613. The van der Waals surface area contributed by atoms with Crippen LogP contribution in [-0.4, -0.2) is 18.1 Å². The van der Waals surface area contributed by atoms with Gasteiger partial charge >= 0.3 is 0 Å². The minimum Gasteiger partial charge on any atom is -0.507 e. The van der Waals surface area contributed by atoms with Gasteiger partial charge in [-0.05, 0) is 30.3 Å². The molecule has 2 N–H and O–H groups in total. The first-order chi connectivity index (χ1) is 9.11. The van der Waals surface area contributed by atoms with E-state index in [2.05, 4.69) is 21.2 Å². The maximum Gasteiger partial charge on any atom is 0.259 e. The van der Waals surface area contributed by atoms with E-state index in [0.29, 0.717) is 11.4 Å². The second-order valence-corrected chi connectivity index (χ2v) is 4.73. The van der Waals surface area contributed by atoms with Crippen molar-refractivity contribution in [2.75, 3.05) is 12.4 Å². The lowest BCUT2D eigenvalue weighted by molar-refractivity contribution is 0.102. The van der Waals surface area contributed by atoms with Crippen LogP contribution in [0.5, 0.6) is 11.5 Å². The summed E-state index contributed by atoms with van der Waals surface area (Å²) >= 11 is 3.26. The molecule has 0 saturated carbocycles. The van der Waals surface area contributed by atoms with Crippen LogP contribution in [0.3, 0.4) is 0 Å². The minimum absolute atomic E-state index is 0.0735. The Labute approximate surface area is 119 Å². The van der Waals surface area contributed by atoms with E-state index in [1.165, 1.54) is 13.2 Å². The second-order valence-electron chi connectivity index (χ2n) is 3.82. The Morgan fingerprint density at radius 1 is 1.26 bits per heavy atom. The number of aromatic hydroxyl groups is 1. The number of anilines is 1. The molecule has 5 heteroatoms. The molecular weight excluding hydrogens is 310 g/mol. The molecule has 1 amide bonds. The average Bonchev–Trinajstić information content (AvgIpc) is 2.42. The molecule has 0 fully saturated rings. The van der Waals surface area contributed by atoms with Crippen LogP contribution < -0.4 is 10.1 Å². The fourth-order valence-electron chi connectivity index (χ4n) is 1.63. The van der Waals surface area contributed by atoms with Gasteiger partial charge in [-0.15, -0.1) is 0 Å². The molecule has 19 heavy (non-hydrogen) atoms. The number of halogens is 1. The highest BCUT2D eigenvalue weighted by atomic mass is 79.9. The van der Waals surface area contributed by atoms with E-state index >= 15 is 0 Å². The van der Waals surface area contributed by atoms with Gasteiger partial charge in [0.25, 0.3) is 5.91 Å². The van der Waals surface area contributed by atoms with Gasteiger partial charge < -0.3 is 15.2 Å². The van der Waals surface area contributed by atoms with Gasteiger partial charge in [0, 0.05) is 4.47 Å². The van der Waals surface area contributed by atoms with Crippen LogP contribution in [0.1, 0.15) is 10.4 Å². The predicted octanol–water partition coefficient (Wildman–Crippen LogP) is 3.42. The van der Waals surface area contributed by atoms with Crippen molar-refractivity contribution in [1.82, 2.24) is 0 Å². The molecule has 0 unspecified atom stereocenters. The molecule has 0 aliphatic rings. The summed E-state index contributed by atoms with van der Waals surface area (Å²) in [5.41, 5.74) is 0.745. The molecular formula is C14H12BrNO3. The average molecular weight is 322 g/mol. The molecule has 0 radical (unpaired) electrons. The van der Waals surface area contributed by atoms with E-state index in [4.69, 9.17) is 4.74 Å². The number of rotatable bonds is 3. The fraction of sp³-hybridized carbons (Fsp3) is 0.0714. The predicted molar refractivity (Wildman–Crippen MR) is 76.8 cm³/mol. The second kappa shape index (κ2) is 5.75. The molecule has 2 aromatic rings. The Kier molecular flexibility index (Phi) is 4.06. The van der Waals surface area contributed by atoms with Crippen molar-refractivity contribution in [3.63, 3.8) is 0 Å². The highest BCUT2D eigenvalue weighted by Crippen LogP contribution is 2.26. The van der Waals surface area contributed by atoms with Gasteiger partial charge in [0.1, 0.15) is 11.5 Å². The van der Waals surface area contributed by atoms with Crippen LogP contribution in [0.2, 0.25) is 0 Å². The highest BCUT2D eigenvalue weighted by Gasteiger charge is 2.13. The van der Waals surface area contributed by atoms with Crippen LogP contribution in [0.25, 0.3) is 0 Å². The number of methoxy groups -OCH3 is 1. The summed E-state index contributed by atoms with van der Waals surface area (Å²) in [6.45, 7) is 0. The summed E-state index contributed by atoms with van der Waals surface area (Å²) < 4.78 is 5.87. The maximum absolute atomic E-state index is 12.1. The van der Waals surface area contributed by atoms with Crippen LogP contribution in [0, 0.1) is 0 Å². The van der Waals surface area contributed by atoms with Gasteiger partial charge in [0.15, 0.2) is 0 Å². The molecule has 2 aromatic carbocycles. The van der Waals surface area contributed by atoms with Crippen molar-refractivity contribution in [1.29, 1.82) is 0 Å². The van der Waals surface area contributed by atoms with Gasteiger partial charge in [0.2, 0.25) is 0 Å². The summed E-state index contributed by atoms with van der Waals surface area (Å²) in [7, 11) is 1.53. The first-order valence-electron chi connectivity index (χ1n) is 5.54. The highest BCUT2D eigenvalue weighted by molar-refractivity contribution is 9.10. The largest absolute Gasteiger partial charge is 0.507 e. The zero-order valence-electron chi connectivity index (χ0n) is 10.2. The third-order valence-corrected chi connectivity index (χ3v) is 3.05. The van der Waals surface area contributed by atoms with E-state index in [0.717, 1.165) is 4.47 Å². The summed E-state index contributed by atoms with van der Waals surface area (Å²) in [5, 5.41) is 12.4. The normalized spacial score (nSPS) is 10.0. The Morgan fingerprint density at radius 3 is 2.74 bits per heavy atom. The molecule has 0 saturated heterocycles. The smallest absolute Gasteiger partial charge is 0.259 e. The standard InChI is InChI=1S/C14H12BrNO3/c1-19-13-5-3-2-4-11(13)16-14(18)10-8-9(15)6-7-12(10)17/h2-8,17H,1H3,(H,16,18). The number of para-hydroxylation sites is 2. The van der Waals surface area contributed by atoms with Crippen molar-refractivity contribution >= 4 is 27.5 Å². The topological polar surface area (TPSA) is 58.6 Å². The van der Waals surface area contributed by atoms with E-state index < -0.39 is 5.91 Å². The number of nitrogens with one attached hydrogen (secondary N) is 1. The zero-order chi connectivity index (χ0) is 13.8. The van der Waals surface area contributed by atoms with Gasteiger partial charge in [-0.2, -0.15) is 0 Å². The van der Waals surface area contributed by atoms with Crippen LogP contribution >= 0.6 is 15.9 Å². The fourth-order valence-corrected chi connectivity index (χ4v) is 1.99. The van der Waals surface area contributed by atoms with Gasteiger partial charge in [-0.25, -0.2) is 0 Å². The SMILES string of the molecule is COc1ccccc1NC(=O)c1cc(Br)ccc1O. The van der Waals surface area contributed by atoms with Gasteiger partial charge in [-0.1, -0.05) is 28.1 Å². The molecule has 4 nitrogen and oxygen atoms in total. The number of hydrogen-bond acceptors (Lipinski definition) is 3. The quantitative estimate of drug-likeness (QED) is 0.910. The van der Waals surface area contributed by atoms with Crippen LogP contribution in [-0.2, 0) is 0 Å². The van der Waals surface area contributed by atoms with E-state index in [9.17, 15) is 9.90 Å². The minimum atomic E-state index is -0.400. The molecule has 2 rings (SSSR count). The zero-order valence-corrected chi connectivity index (χ0v) is 11.8. The van der Waals surface area contributed by atoms with Crippen LogP contribution in [0.4, 0.5) is 5.69 Å². The molecule has 0 aliphatic heterocycles. The number of hydrogen-bond donors (Lipinski definition) is 2. The summed E-state index contributed by atoms with van der Waals surface area (Å²) in [4.78, 5) is 12.1. The van der Waals surface area contributed by atoms with Gasteiger partial charge in [-0.3, -0.25) is 4.79 Å². The summed E-state index contributed by atoms with van der Waals surface area (Å²) in [6, 6.07) is 11.8.